The van der Waals surface area contributed by atoms with Gasteiger partial charge in [-0.3, -0.25) is 9.78 Å². The summed E-state index contributed by atoms with van der Waals surface area (Å²) in [6.07, 6.45) is -5.36. The molecule has 2 heterocycles. The first-order valence-corrected chi connectivity index (χ1v) is 8.91. The number of nitrogens with zero attached hydrogens (tertiary/aromatic N) is 2. The number of hydrogen-bond acceptors (Lipinski definition) is 4. The third kappa shape index (κ3) is 5.14. The smallest absolute Gasteiger partial charge is 0.403 e. The largest absolute Gasteiger partial charge is 0.573 e. The highest BCUT2D eigenvalue weighted by molar-refractivity contribution is 5.73. The van der Waals surface area contributed by atoms with Crippen molar-refractivity contribution in [2.45, 2.75) is 31.9 Å². The van der Waals surface area contributed by atoms with Crippen molar-refractivity contribution in [3.05, 3.63) is 42.1 Å². The summed E-state index contributed by atoms with van der Waals surface area (Å²) in [7, 11) is 0. The van der Waals surface area contributed by atoms with E-state index in [0.29, 0.717) is 0 Å². The van der Waals surface area contributed by atoms with Crippen molar-refractivity contribution in [2.75, 3.05) is 18.0 Å². The van der Waals surface area contributed by atoms with Crippen LogP contribution in [0.5, 0.6) is 5.75 Å². The van der Waals surface area contributed by atoms with Crippen LogP contribution in [0.4, 0.5) is 32.0 Å². The van der Waals surface area contributed by atoms with E-state index in [1.165, 1.54) is 17.9 Å². The summed E-state index contributed by atoms with van der Waals surface area (Å²) >= 11 is 0. The number of benzene rings is 1. The Kier molecular flexibility index (Phi) is 6.09. The Labute approximate surface area is 167 Å². The first kappa shape index (κ1) is 21.7. The predicted octanol–water partition coefficient (Wildman–Crippen LogP) is 3.98. The lowest BCUT2D eigenvalue weighted by Crippen LogP contribution is -2.52. The average molecular weight is 433 g/mol. The predicted molar refractivity (Wildman–Crippen MR) is 95.6 cm³/mol. The number of nitrogens with one attached hydrogen (secondary N) is 1. The lowest BCUT2D eigenvalue weighted by molar-refractivity contribution is -0.275. The van der Waals surface area contributed by atoms with E-state index in [4.69, 9.17) is 0 Å². The number of amides is 1. The molecule has 0 saturated carbocycles. The minimum Gasteiger partial charge on any atom is -0.403 e. The Morgan fingerprint density at radius 3 is 2.57 bits per heavy atom. The summed E-state index contributed by atoms with van der Waals surface area (Å²) in [4.78, 5) is 16.4. The van der Waals surface area contributed by atoms with Crippen molar-refractivity contribution in [3.63, 3.8) is 0 Å². The lowest BCUT2D eigenvalue weighted by Gasteiger charge is -2.36. The molecular weight excluding hydrogens is 416 g/mol. The van der Waals surface area contributed by atoms with Crippen LogP contribution in [0.2, 0.25) is 0 Å². The number of carbonyl (C=O) groups is 1. The fourth-order valence-electron chi connectivity index (χ4n) is 3.24. The molecule has 2 atom stereocenters. The van der Waals surface area contributed by atoms with Gasteiger partial charge in [-0.2, -0.15) is 0 Å². The molecule has 1 saturated heterocycles. The highest BCUT2D eigenvalue weighted by atomic mass is 19.4. The van der Waals surface area contributed by atoms with Crippen LogP contribution in [0.1, 0.15) is 13.3 Å². The molecule has 1 aliphatic rings. The van der Waals surface area contributed by atoms with Crippen LogP contribution in [-0.2, 0) is 4.79 Å². The fourth-order valence-corrected chi connectivity index (χ4v) is 3.24. The summed E-state index contributed by atoms with van der Waals surface area (Å²) in [5, 5.41) is 2.50. The lowest BCUT2D eigenvalue weighted by atomic mass is 10.0. The number of carbonyl (C=O) groups excluding carboxylic acids is 1. The van der Waals surface area contributed by atoms with E-state index in [-0.39, 0.29) is 42.4 Å². The third-order valence-corrected chi connectivity index (χ3v) is 4.56. The zero-order chi connectivity index (χ0) is 22.1. The topological polar surface area (TPSA) is 54.5 Å². The van der Waals surface area contributed by atoms with E-state index < -0.39 is 36.0 Å². The minimum atomic E-state index is -5.05. The maximum absolute atomic E-state index is 14.4. The molecule has 1 aromatic heterocycles. The van der Waals surface area contributed by atoms with Gasteiger partial charge in [0.1, 0.15) is 6.17 Å². The first-order chi connectivity index (χ1) is 14.0. The van der Waals surface area contributed by atoms with Gasteiger partial charge in [-0.25, -0.2) is 13.2 Å². The van der Waals surface area contributed by atoms with Crippen LogP contribution in [0, 0.1) is 11.6 Å². The standard InChI is InChI=1S/C19H17F6N3O2/c1-10(29)27-15-4-5-28(9-14(15)22)17-7-16(26-8-13(17)21)11-2-3-18(12(20)6-11)30-19(23,24)25/h2-3,6-8,14-15H,4-5,9H2,1H3,(H,27,29)/t14-,15-/m0/s1. The van der Waals surface area contributed by atoms with E-state index in [1.807, 2.05) is 0 Å². The van der Waals surface area contributed by atoms with Crippen LogP contribution in [-0.4, -0.2) is 42.6 Å². The van der Waals surface area contributed by atoms with Gasteiger partial charge in [-0.1, -0.05) is 0 Å². The fraction of sp³-hybridized carbons (Fsp3) is 0.368. The molecule has 162 valence electrons. The van der Waals surface area contributed by atoms with Gasteiger partial charge in [0.15, 0.2) is 17.4 Å². The summed E-state index contributed by atoms with van der Waals surface area (Å²) in [5.41, 5.74) is 0.191. The zero-order valence-electron chi connectivity index (χ0n) is 15.6. The molecule has 1 fully saturated rings. The number of ether oxygens (including phenoxy) is 1. The van der Waals surface area contributed by atoms with Crippen LogP contribution >= 0.6 is 0 Å². The van der Waals surface area contributed by atoms with E-state index in [9.17, 15) is 31.1 Å². The molecule has 2 aromatic rings. The molecule has 11 heteroatoms. The van der Waals surface area contributed by atoms with Crippen LogP contribution in [0.3, 0.4) is 0 Å². The number of hydrogen-bond donors (Lipinski definition) is 1. The molecule has 0 unspecified atom stereocenters. The molecule has 3 rings (SSSR count). The molecule has 1 amide bonds. The van der Waals surface area contributed by atoms with Crippen molar-refractivity contribution in [3.8, 4) is 17.0 Å². The molecule has 0 bridgehead atoms. The quantitative estimate of drug-likeness (QED) is 0.742. The monoisotopic (exact) mass is 433 g/mol. The SMILES string of the molecule is CC(=O)N[C@H]1CCN(c2cc(-c3ccc(OC(F)(F)F)c(F)c3)ncc2F)C[C@@H]1F. The summed E-state index contributed by atoms with van der Waals surface area (Å²) in [5.74, 6) is -3.37. The van der Waals surface area contributed by atoms with Gasteiger partial charge in [0.05, 0.1) is 30.2 Å². The highest BCUT2D eigenvalue weighted by Crippen LogP contribution is 2.32. The number of anilines is 1. The number of halogens is 6. The minimum absolute atomic E-state index is 0.0138. The first-order valence-electron chi connectivity index (χ1n) is 8.91. The van der Waals surface area contributed by atoms with Gasteiger partial charge >= 0.3 is 6.36 Å². The second-order valence-electron chi connectivity index (χ2n) is 6.77. The second kappa shape index (κ2) is 8.41. The van der Waals surface area contributed by atoms with Gasteiger partial charge < -0.3 is 15.0 Å². The van der Waals surface area contributed by atoms with E-state index in [1.54, 1.807) is 0 Å². The Morgan fingerprint density at radius 2 is 1.97 bits per heavy atom. The number of aromatic nitrogens is 1. The molecule has 1 N–H and O–H groups in total. The molecule has 30 heavy (non-hydrogen) atoms. The van der Waals surface area contributed by atoms with Gasteiger partial charge in [0.25, 0.3) is 0 Å². The van der Waals surface area contributed by atoms with Gasteiger partial charge in [-0.05, 0) is 30.7 Å². The van der Waals surface area contributed by atoms with Crippen molar-refractivity contribution in [1.29, 1.82) is 0 Å². The highest BCUT2D eigenvalue weighted by Gasteiger charge is 2.33. The number of pyridine rings is 1. The Balaban J connectivity index is 1.82. The normalized spacial score (nSPS) is 19.5. The van der Waals surface area contributed by atoms with Gasteiger partial charge in [-0.15, -0.1) is 13.2 Å². The summed E-state index contributed by atoms with van der Waals surface area (Å²) in [6, 6.07) is 3.30. The zero-order valence-corrected chi connectivity index (χ0v) is 15.6. The second-order valence-corrected chi connectivity index (χ2v) is 6.77. The summed E-state index contributed by atoms with van der Waals surface area (Å²) in [6.45, 7) is 1.34. The molecule has 0 spiro atoms. The van der Waals surface area contributed by atoms with Crippen LogP contribution < -0.4 is 15.0 Å². The average Bonchev–Trinajstić information content (AvgIpc) is 2.64. The molecule has 0 radical (unpaired) electrons. The summed E-state index contributed by atoms with van der Waals surface area (Å²) < 4.78 is 83.1. The van der Waals surface area contributed by atoms with Gasteiger partial charge in [0.2, 0.25) is 5.91 Å². The van der Waals surface area contributed by atoms with Crippen molar-refractivity contribution < 1.29 is 35.9 Å². The van der Waals surface area contributed by atoms with E-state index >= 15 is 0 Å². The Bertz CT molecular complexity index is 937. The molecule has 0 aliphatic carbocycles. The third-order valence-electron chi connectivity index (χ3n) is 4.56. The Morgan fingerprint density at radius 1 is 1.23 bits per heavy atom. The molecule has 1 aromatic carbocycles. The van der Waals surface area contributed by atoms with Gasteiger partial charge in [0, 0.05) is 19.0 Å². The van der Waals surface area contributed by atoms with Crippen molar-refractivity contribution in [2.24, 2.45) is 0 Å². The maximum atomic E-state index is 14.4. The molecule has 1 aliphatic heterocycles. The van der Waals surface area contributed by atoms with Crippen LogP contribution in [0.15, 0.2) is 30.5 Å². The van der Waals surface area contributed by atoms with E-state index in [0.717, 1.165) is 24.4 Å². The number of piperidine rings is 1. The van der Waals surface area contributed by atoms with Crippen molar-refractivity contribution in [1.82, 2.24) is 10.3 Å². The van der Waals surface area contributed by atoms with Crippen LogP contribution in [0.25, 0.3) is 11.3 Å². The van der Waals surface area contributed by atoms with Crippen molar-refractivity contribution >= 4 is 11.6 Å². The molecule has 5 nitrogen and oxygen atoms in total. The molecular formula is C19H17F6N3O2. The number of alkyl halides is 4. The van der Waals surface area contributed by atoms with E-state index in [2.05, 4.69) is 15.0 Å². The Hall–Kier alpha value is -2.98. The maximum Gasteiger partial charge on any atom is 0.573 e. The number of rotatable bonds is 4.